The number of carbonyl (C=O) groups is 2. The molecule has 58 valence electrons. The molecule has 1 N–H and O–H groups in total. The number of alkyl halides is 1. The van der Waals surface area contributed by atoms with E-state index in [0.29, 0.717) is 0 Å². The van der Waals surface area contributed by atoms with Crippen LogP contribution in [0.5, 0.6) is 0 Å². The maximum Gasteiger partial charge on any atom is 0.320 e. The molecule has 0 radical (unpaired) electrons. The van der Waals surface area contributed by atoms with Crippen molar-refractivity contribution < 1.29 is 14.7 Å². The number of Topliss-reactive ketones (excluding diaryl/α,β-unsaturated/α-hetero) is 1. The van der Waals surface area contributed by atoms with Gasteiger partial charge in [-0.3, -0.25) is 9.59 Å². The summed E-state index contributed by atoms with van der Waals surface area (Å²) in [6.45, 7) is 2.82. The van der Waals surface area contributed by atoms with Crippen molar-refractivity contribution in [1.82, 2.24) is 0 Å². The van der Waals surface area contributed by atoms with E-state index in [1.54, 1.807) is 0 Å². The summed E-state index contributed by atoms with van der Waals surface area (Å²) in [7, 11) is 0. The van der Waals surface area contributed by atoms with Gasteiger partial charge >= 0.3 is 5.97 Å². The third-order valence-electron chi connectivity index (χ3n) is 1.03. The minimum atomic E-state index is -1.10. The third kappa shape index (κ3) is 2.96. The summed E-state index contributed by atoms with van der Waals surface area (Å²) in [4.78, 5) is 20.8. The molecule has 0 aromatic carbocycles. The van der Waals surface area contributed by atoms with Crippen LogP contribution in [0.15, 0.2) is 0 Å². The minimum absolute atomic E-state index is 0.0162. The second-order valence-corrected chi connectivity index (χ2v) is 4.13. The Kier molecular flexibility index (Phi) is 3.02. The van der Waals surface area contributed by atoms with Gasteiger partial charge in [0.2, 0.25) is 0 Å². The molecule has 10 heavy (non-hydrogen) atoms. The van der Waals surface area contributed by atoms with Gasteiger partial charge in [0.25, 0.3) is 0 Å². The first-order chi connectivity index (χ1) is 4.36. The van der Waals surface area contributed by atoms with Gasteiger partial charge in [0.15, 0.2) is 0 Å². The second-order valence-electron chi connectivity index (χ2n) is 2.38. The number of ketones is 1. The first kappa shape index (κ1) is 9.62. The van der Waals surface area contributed by atoms with Gasteiger partial charge < -0.3 is 5.11 Å². The molecular weight excluding hydrogens is 200 g/mol. The fourth-order valence-corrected chi connectivity index (χ4v) is 0.938. The highest BCUT2D eigenvalue weighted by Gasteiger charge is 2.30. The highest BCUT2D eigenvalue weighted by molar-refractivity contribution is 9.10. The average molecular weight is 209 g/mol. The summed E-state index contributed by atoms with van der Waals surface area (Å²) >= 11 is 2.93. The monoisotopic (exact) mass is 208 g/mol. The van der Waals surface area contributed by atoms with Gasteiger partial charge in [0.05, 0.1) is 0 Å². The quantitative estimate of drug-likeness (QED) is 0.710. The Morgan fingerprint density at radius 1 is 1.60 bits per heavy atom. The minimum Gasteiger partial charge on any atom is -0.480 e. The summed E-state index contributed by atoms with van der Waals surface area (Å²) in [5.41, 5.74) is 0. The topological polar surface area (TPSA) is 54.4 Å². The van der Waals surface area contributed by atoms with E-state index in [-0.39, 0.29) is 12.2 Å². The number of carboxylic acids is 1. The van der Waals surface area contributed by atoms with Crippen molar-refractivity contribution in [3.8, 4) is 0 Å². The average Bonchev–Trinajstić information content (AvgIpc) is 1.60. The molecule has 0 spiro atoms. The van der Waals surface area contributed by atoms with Gasteiger partial charge in [-0.25, -0.2) is 0 Å². The van der Waals surface area contributed by atoms with Gasteiger partial charge in [0, 0.05) is 6.42 Å². The Morgan fingerprint density at radius 2 is 2.00 bits per heavy atom. The van der Waals surface area contributed by atoms with Gasteiger partial charge in [-0.1, -0.05) is 15.9 Å². The van der Waals surface area contributed by atoms with Crippen LogP contribution in [0.1, 0.15) is 20.3 Å². The lowest BCUT2D eigenvalue weighted by Crippen LogP contribution is -2.29. The number of halogens is 1. The lowest BCUT2D eigenvalue weighted by atomic mass is 10.1. The van der Waals surface area contributed by atoms with Crippen molar-refractivity contribution in [1.29, 1.82) is 0 Å². The van der Waals surface area contributed by atoms with E-state index in [4.69, 9.17) is 5.11 Å². The lowest BCUT2D eigenvalue weighted by Gasteiger charge is -2.13. The van der Waals surface area contributed by atoms with Crippen LogP contribution in [0, 0.1) is 0 Å². The van der Waals surface area contributed by atoms with E-state index in [9.17, 15) is 9.59 Å². The number of carboxylic acid groups (broad SMARTS) is 1. The fraction of sp³-hybridized carbons (Fsp3) is 0.667. The lowest BCUT2D eigenvalue weighted by molar-refractivity contribution is -0.140. The molecular formula is C6H9BrO3. The van der Waals surface area contributed by atoms with Crippen LogP contribution in [-0.2, 0) is 9.59 Å². The SMILES string of the molecule is CC(=O)CC(C)(Br)C(=O)O. The maximum absolute atomic E-state index is 10.5. The molecule has 0 aromatic heterocycles. The number of hydrogen-bond acceptors (Lipinski definition) is 2. The molecule has 0 aliphatic rings. The highest BCUT2D eigenvalue weighted by atomic mass is 79.9. The molecule has 0 aliphatic carbocycles. The smallest absolute Gasteiger partial charge is 0.320 e. The first-order valence-corrected chi connectivity index (χ1v) is 3.57. The Hall–Kier alpha value is -0.380. The van der Waals surface area contributed by atoms with Crippen LogP contribution >= 0.6 is 15.9 Å². The molecule has 0 heterocycles. The normalized spacial score (nSPS) is 15.9. The van der Waals surface area contributed by atoms with E-state index >= 15 is 0 Å². The van der Waals surface area contributed by atoms with Crippen molar-refractivity contribution in [3.05, 3.63) is 0 Å². The van der Waals surface area contributed by atoms with Crippen LogP contribution in [0.4, 0.5) is 0 Å². The standard InChI is InChI=1S/C6H9BrO3/c1-4(8)3-6(2,7)5(9)10/h3H2,1-2H3,(H,9,10). The van der Waals surface area contributed by atoms with Gasteiger partial charge in [-0.2, -0.15) is 0 Å². The number of hydrogen-bond donors (Lipinski definition) is 1. The molecule has 1 atom stereocenters. The third-order valence-corrected chi connectivity index (χ3v) is 1.65. The Morgan fingerprint density at radius 3 is 2.10 bits per heavy atom. The molecule has 0 bridgehead atoms. The van der Waals surface area contributed by atoms with E-state index in [2.05, 4.69) is 15.9 Å². The van der Waals surface area contributed by atoms with E-state index in [1.165, 1.54) is 13.8 Å². The first-order valence-electron chi connectivity index (χ1n) is 2.78. The zero-order valence-corrected chi connectivity index (χ0v) is 7.43. The van der Waals surface area contributed by atoms with Gasteiger partial charge in [0.1, 0.15) is 10.1 Å². The van der Waals surface area contributed by atoms with Gasteiger partial charge in [-0.05, 0) is 13.8 Å². The summed E-state index contributed by atoms with van der Waals surface area (Å²) in [6.07, 6.45) is 0.0162. The second kappa shape index (κ2) is 3.14. The predicted octanol–water partition coefficient (Wildman–Crippen LogP) is 1.20. The van der Waals surface area contributed by atoms with Crippen molar-refractivity contribution in [3.63, 3.8) is 0 Å². The van der Waals surface area contributed by atoms with Crippen LogP contribution in [-0.4, -0.2) is 21.2 Å². The summed E-state index contributed by atoms with van der Waals surface area (Å²) < 4.78 is -1.10. The van der Waals surface area contributed by atoms with E-state index in [0.717, 1.165) is 0 Å². The Labute approximate surface area is 67.5 Å². The molecule has 4 heteroatoms. The van der Waals surface area contributed by atoms with Crippen LogP contribution in [0.25, 0.3) is 0 Å². The van der Waals surface area contributed by atoms with Crippen LogP contribution in [0.3, 0.4) is 0 Å². The number of aliphatic carboxylic acids is 1. The molecule has 0 fully saturated rings. The summed E-state index contributed by atoms with van der Waals surface area (Å²) in [5.74, 6) is -1.15. The zero-order chi connectivity index (χ0) is 8.36. The van der Waals surface area contributed by atoms with Crippen molar-refractivity contribution >= 4 is 27.7 Å². The van der Waals surface area contributed by atoms with E-state index in [1.807, 2.05) is 0 Å². The molecule has 1 unspecified atom stereocenters. The molecule has 0 saturated carbocycles. The Balaban J connectivity index is 4.13. The molecule has 3 nitrogen and oxygen atoms in total. The fourth-order valence-electron chi connectivity index (χ4n) is 0.543. The molecule has 0 aliphatic heterocycles. The number of carbonyl (C=O) groups excluding carboxylic acids is 1. The van der Waals surface area contributed by atoms with Crippen LogP contribution < -0.4 is 0 Å². The molecule has 0 amide bonds. The van der Waals surface area contributed by atoms with Gasteiger partial charge in [-0.15, -0.1) is 0 Å². The largest absolute Gasteiger partial charge is 0.480 e. The summed E-state index contributed by atoms with van der Waals surface area (Å²) in [5, 5.41) is 8.49. The predicted molar refractivity (Wildman–Crippen MR) is 40.3 cm³/mol. The molecule has 0 saturated heterocycles. The highest BCUT2D eigenvalue weighted by Crippen LogP contribution is 2.21. The van der Waals surface area contributed by atoms with Crippen molar-refractivity contribution in [2.24, 2.45) is 0 Å². The number of rotatable bonds is 3. The van der Waals surface area contributed by atoms with E-state index < -0.39 is 10.3 Å². The van der Waals surface area contributed by atoms with Crippen LogP contribution in [0.2, 0.25) is 0 Å². The molecule has 0 aromatic rings. The molecule has 0 rings (SSSR count). The summed E-state index contributed by atoms with van der Waals surface area (Å²) in [6, 6.07) is 0. The maximum atomic E-state index is 10.5. The van der Waals surface area contributed by atoms with Crippen molar-refractivity contribution in [2.45, 2.75) is 24.6 Å². The zero-order valence-electron chi connectivity index (χ0n) is 5.85. The Bertz CT molecular complexity index is 162. The van der Waals surface area contributed by atoms with Crippen molar-refractivity contribution in [2.75, 3.05) is 0 Å².